The standard InChI is InChI=1S/C20H17F2NO5/c1-25-15-8-6-13(11-17(15)28-20(21)22)23-18(24)9-7-14-10-12-4-3-5-16(26-2)19(12)27-14/h3-11,20H,1-2H3,(H,23,24)/b9-7+. The lowest BCUT2D eigenvalue weighted by molar-refractivity contribution is -0.111. The van der Waals surface area contributed by atoms with E-state index in [-0.39, 0.29) is 17.2 Å². The minimum absolute atomic E-state index is 0.130. The van der Waals surface area contributed by atoms with Crippen LogP contribution >= 0.6 is 0 Å². The first-order valence-corrected chi connectivity index (χ1v) is 8.18. The van der Waals surface area contributed by atoms with E-state index in [2.05, 4.69) is 10.1 Å². The van der Waals surface area contributed by atoms with E-state index in [1.165, 1.54) is 37.5 Å². The molecule has 3 rings (SSSR count). The number of para-hydroxylation sites is 1. The summed E-state index contributed by atoms with van der Waals surface area (Å²) in [6, 6.07) is 11.4. The molecule has 0 aliphatic rings. The number of benzene rings is 2. The molecule has 2 aromatic carbocycles. The number of hydrogen-bond acceptors (Lipinski definition) is 5. The zero-order valence-corrected chi connectivity index (χ0v) is 15.1. The number of carbonyl (C=O) groups excluding carboxylic acids is 1. The molecule has 8 heteroatoms. The van der Waals surface area contributed by atoms with E-state index in [1.807, 2.05) is 12.1 Å². The molecule has 0 aliphatic carbocycles. The largest absolute Gasteiger partial charge is 0.493 e. The van der Waals surface area contributed by atoms with Gasteiger partial charge in [-0.3, -0.25) is 4.79 Å². The van der Waals surface area contributed by atoms with Crippen LogP contribution in [-0.4, -0.2) is 26.7 Å². The van der Waals surface area contributed by atoms with Crippen LogP contribution in [0, 0.1) is 0 Å². The quantitative estimate of drug-likeness (QED) is 0.593. The molecule has 0 atom stereocenters. The van der Waals surface area contributed by atoms with Gasteiger partial charge in [-0.15, -0.1) is 0 Å². The van der Waals surface area contributed by atoms with Crippen molar-refractivity contribution in [3.05, 3.63) is 54.3 Å². The van der Waals surface area contributed by atoms with Crippen LogP contribution < -0.4 is 19.5 Å². The summed E-state index contributed by atoms with van der Waals surface area (Å²) in [5.41, 5.74) is 0.853. The summed E-state index contributed by atoms with van der Waals surface area (Å²) >= 11 is 0. The molecular formula is C20H17F2NO5. The van der Waals surface area contributed by atoms with Crippen LogP contribution in [0.4, 0.5) is 14.5 Å². The monoisotopic (exact) mass is 389 g/mol. The molecule has 0 unspecified atom stereocenters. The number of anilines is 1. The molecular weight excluding hydrogens is 372 g/mol. The Morgan fingerprint density at radius 3 is 2.57 bits per heavy atom. The van der Waals surface area contributed by atoms with Crippen LogP contribution in [0.3, 0.4) is 0 Å². The summed E-state index contributed by atoms with van der Waals surface area (Å²) in [5, 5.41) is 3.40. The highest BCUT2D eigenvalue weighted by Crippen LogP contribution is 2.32. The molecule has 6 nitrogen and oxygen atoms in total. The van der Waals surface area contributed by atoms with Gasteiger partial charge in [0.25, 0.3) is 0 Å². The molecule has 0 radical (unpaired) electrons. The summed E-state index contributed by atoms with van der Waals surface area (Å²) in [6.07, 6.45) is 2.76. The van der Waals surface area contributed by atoms with Crippen molar-refractivity contribution in [2.24, 2.45) is 0 Å². The Balaban J connectivity index is 1.73. The lowest BCUT2D eigenvalue weighted by atomic mass is 10.2. The van der Waals surface area contributed by atoms with Gasteiger partial charge < -0.3 is 23.9 Å². The molecule has 0 fully saturated rings. The fraction of sp³-hybridized carbons (Fsp3) is 0.150. The minimum Gasteiger partial charge on any atom is -0.493 e. The Morgan fingerprint density at radius 2 is 1.86 bits per heavy atom. The van der Waals surface area contributed by atoms with E-state index in [0.29, 0.717) is 17.1 Å². The topological polar surface area (TPSA) is 69.9 Å². The van der Waals surface area contributed by atoms with E-state index in [1.54, 1.807) is 19.2 Å². The van der Waals surface area contributed by atoms with Crippen LogP contribution in [0.1, 0.15) is 5.76 Å². The van der Waals surface area contributed by atoms with Crippen molar-refractivity contribution in [3.8, 4) is 17.2 Å². The van der Waals surface area contributed by atoms with Gasteiger partial charge in [0.1, 0.15) is 5.76 Å². The molecule has 0 saturated carbocycles. The van der Waals surface area contributed by atoms with Gasteiger partial charge in [0.2, 0.25) is 5.91 Å². The van der Waals surface area contributed by atoms with Crippen molar-refractivity contribution >= 4 is 28.6 Å². The smallest absolute Gasteiger partial charge is 0.387 e. The number of fused-ring (bicyclic) bond motifs is 1. The highest BCUT2D eigenvalue weighted by Gasteiger charge is 2.12. The number of furan rings is 1. The normalized spacial score (nSPS) is 11.2. The number of alkyl halides is 2. The van der Waals surface area contributed by atoms with Crippen LogP contribution in [0.5, 0.6) is 17.2 Å². The first-order chi connectivity index (χ1) is 13.5. The van der Waals surface area contributed by atoms with Gasteiger partial charge in [0, 0.05) is 23.2 Å². The van der Waals surface area contributed by atoms with Gasteiger partial charge in [-0.25, -0.2) is 0 Å². The number of nitrogens with one attached hydrogen (secondary N) is 1. The molecule has 146 valence electrons. The summed E-state index contributed by atoms with van der Waals surface area (Å²) in [5.74, 6) is 0.534. The molecule has 3 aromatic rings. The minimum atomic E-state index is -3.01. The average Bonchev–Trinajstić information content (AvgIpc) is 3.09. The predicted octanol–water partition coefficient (Wildman–Crippen LogP) is 4.70. The van der Waals surface area contributed by atoms with Crippen LogP contribution in [-0.2, 0) is 4.79 Å². The van der Waals surface area contributed by atoms with Crippen molar-refractivity contribution in [3.63, 3.8) is 0 Å². The second-order valence-corrected chi connectivity index (χ2v) is 5.59. The van der Waals surface area contributed by atoms with Gasteiger partial charge in [-0.05, 0) is 30.3 Å². The number of halogens is 2. The zero-order chi connectivity index (χ0) is 20.1. The van der Waals surface area contributed by atoms with Gasteiger partial charge in [0.05, 0.1) is 14.2 Å². The van der Waals surface area contributed by atoms with Crippen molar-refractivity contribution < 1.29 is 32.2 Å². The summed E-state index contributed by atoms with van der Waals surface area (Å²) in [6.45, 7) is -3.01. The highest BCUT2D eigenvalue weighted by atomic mass is 19.3. The number of methoxy groups -OCH3 is 2. The molecule has 0 bridgehead atoms. The van der Waals surface area contributed by atoms with Crippen LogP contribution in [0.2, 0.25) is 0 Å². The van der Waals surface area contributed by atoms with Crippen molar-refractivity contribution in [2.75, 3.05) is 19.5 Å². The lowest BCUT2D eigenvalue weighted by Gasteiger charge is -2.11. The van der Waals surface area contributed by atoms with E-state index in [0.717, 1.165) is 5.39 Å². The zero-order valence-electron chi connectivity index (χ0n) is 15.1. The number of hydrogen-bond donors (Lipinski definition) is 1. The predicted molar refractivity (Wildman–Crippen MR) is 100 cm³/mol. The number of ether oxygens (including phenoxy) is 3. The Morgan fingerprint density at radius 1 is 1.07 bits per heavy atom. The molecule has 1 heterocycles. The molecule has 28 heavy (non-hydrogen) atoms. The third-order valence-electron chi connectivity index (χ3n) is 3.79. The maximum absolute atomic E-state index is 12.5. The van der Waals surface area contributed by atoms with E-state index in [9.17, 15) is 13.6 Å². The molecule has 1 aromatic heterocycles. The Bertz CT molecular complexity index is 1010. The molecule has 0 saturated heterocycles. The van der Waals surface area contributed by atoms with Gasteiger partial charge in [0.15, 0.2) is 22.8 Å². The van der Waals surface area contributed by atoms with E-state index >= 15 is 0 Å². The number of rotatable bonds is 7. The van der Waals surface area contributed by atoms with Crippen LogP contribution in [0.25, 0.3) is 17.0 Å². The number of carbonyl (C=O) groups is 1. The second kappa shape index (κ2) is 8.43. The average molecular weight is 389 g/mol. The van der Waals surface area contributed by atoms with Gasteiger partial charge in [-0.2, -0.15) is 8.78 Å². The molecule has 0 aliphatic heterocycles. The Kier molecular flexibility index (Phi) is 5.78. The van der Waals surface area contributed by atoms with E-state index in [4.69, 9.17) is 13.9 Å². The SMILES string of the molecule is COc1ccc(NC(=O)/C=C/c2cc3cccc(OC)c3o2)cc1OC(F)F. The van der Waals surface area contributed by atoms with Crippen molar-refractivity contribution in [1.29, 1.82) is 0 Å². The fourth-order valence-electron chi connectivity index (χ4n) is 2.58. The van der Waals surface area contributed by atoms with Crippen molar-refractivity contribution in [2.45, 2.75) is 6.61 Å². The second-order valence-electron chi connectivity index (χ2n) is 5.59. The molecule has 1 amide bonds. The Labute approximate surface area is 159 Å². The third kappa shape index (κ3) is 4.40. The third-order valence-corrected chi connectivity index (χ3v) is 3.79. The first-order valence-electron chi connectivity index (χ1n) is 8.18. The first kappa shape index (κ1) is 19.2. The maximum Gasteiger partial charge on any atom is 0.387 e. The summed E-state index contributed by atoms with van der Waals surface area (Å²) in [4.78, 5) is 12.1. The highest BCUT2D eigenvalue weighted by molar-refractivity contribution is 6.02. The summed E-state index contributed by atoms with van der Waals surface area (Å²) < 4.78 is 45.2. The Hall–Kier alpha value is -3.55. The maximum atomic E-state index is 12.5. The van der Waals surface area contributed by atoms with E-state index < -0.39 is 12.5 Å². The molecule has 0 spiro atoms. The summed E-state index contributed by atoms with van der Waals surface area (Å²) in [7, 11) is 2.87. The van der Waals surface area contributed by atoms with Crippen molar-refractivity contribution in [1.82, 2.24) is 0 Å². The lowest BCUT2D eigenvalue weighted by Crippen LogP contribution is -2.09. The van der Waals surface area contributed by atoms with Gasteiger partial charge in [-0.1, -0.05) is 12.1 Å². The van der Waals surface area contributed by atoms with Gasteiger partial charge >= 0.3 is 6.61 Å². The van der Waals surface area contributed by atoms with Crippen LogP contribution in [0.15, 0.2) is 53.0 Å². The molecule has 1 N–H and O–H groups in total. The fourth-order valence-corrected chi connectivity index (χ4v) is 2.58. The number of amides is 1.